The van der Waals surface area contributed by atoms with E-state index in [0.29, 0.717) is 18.1 Å². The molecule has 2 fully saturated rings. The Hall–Kier alpha value is -0.770. The summed E-state index contributed by atoms with van der Waals surface area (Å²) in [5.41, 5.74) is 0. The van der Waals surface area contributed by atoms with Crippen LogP contribution >= 0.6 is 0 Å². The van der Waals surface area contributed by atoms with Crippen LogP contribution in [0.3, 0.4) is 0 Å². The lowest BCUT2D eigenvalue weighted by atomic mass is 10.0. The number of amides is 2. The second kappa shape index (κ2) is 5.53. The molecule has 2 rings (SSSR count). The van der Waals surface area contributed by atoms with Crippen molar-refractivity contribution >= 4 is 6.03 Å². The molecular formula is C12H23N3O. The average Bonchev–Trinajstić information content (AvgIpc) is 2.74. The van der Waals surface area contributed by atoms with Crippen LogP contribution in [0.2, 0.25) is 0 Å². The monoisotopic (exact) mass is 225 g/mol. The van der Waals surface area contributed by atoms with E-state index in [1.165, 1.54) is 12.8 Å². The molecule has 0 aromatic rings. The van der Waals surface area contributed by atoms with Crippen LogP contribution in [0.5, 0.6) is 0 Å². The summed E-state index contributed by atoms with van der Waals surface area (Å²) in [6.07, 6.45) is 7.04. The van der Waals surface area contributed by atoms with Gasteiger partial charge in [0.25, 0.3) is 0 Å². The predicted molar refractivity (Wildman–Crippen MR) is 64.4 cm³/mol. The molecule has 2 unspecified atom stereocenters. The Bertz CT molecular complexity index is 230. The van der Waals surface area contributed by atoms with E-state index < -0.39 is 0 Å². The lowest BCUT2D eigenvalue weighted by Gasteiger charge is -2.28. The number of piperidine rings is 1. The first-order chi connectivity index (χ1) is 7.74. The molecule has 1 saturated carbocycles. The van der Waals surface area contributed by atoms with Crippen LogP contribution in [0.1, 0.15) is 45.4 Å². The topological polar surface area (TPSA) is 53.2 Å². The summed E-state index contributed by atoms with van der Waals surface area (Å²) in [5.74, 6) is 0. The molecule has 16 heavy (non-hydrogen) atoms. The third-order valence-corrected chi connectivity index (χ3v) is 3.69. The summed E-state index contributed by atoms with van der Waals surface area (Å²) in [6.45, 7) is 3.09. The maximum atomic E-state index is 11.7. The smallest absolute Gasteiger partial charge is 0.315 e. The minimum Gasteiger partial charge on any atom is -0.335 e. The van der Waals surface area contributed by atoms with Gasteiger partial charge in [0, 0.05) is 24.7 Å². The van der Waals surface area contributed by atoms with Gasteiger partial charge in [0.15, 0.2) is 0 Å². The van der Waals surface area contributed by atoms with Gasteiger partial charge in [0.1, 0.15) is 0 Å². The number of hydrogen-bond acceptors (Lipinski definition) is 2. The van der Waals surface area contributed by atoms with Crippen LogP contribution in [-0.4, -0.2) is 30.7 Å². The maximum absolute atomic E-state index is 11.7. The summed E-state index contributed by atoms with van der Waals surface area (Å²) in [7, 11) is 0. The maximum Gasteiger partial charge on any atom is 0.315 e. The van der Waals surface area contributed by atoms with Crippen LogP contribution in [0.15, 0.2) is 0 Å². The van der Waals surface area contributed by atoms with Crippen molar-refractivity contribution in [1.29, 1.82) is 0 Å². The summed E-state index contributed by atoms with van der Waals surface area (Å²) >= 11 is 0. The molecule has 4 heteroatoms. The zero-order chi connectivity index (χ0) is 11.4. The molecule has 92 valence electrons. The predicted octanol–water partition coefficient (Wildman–Crippen LogP) is 1.37. The number of carbonyl (C=O) groups is 1. The molecule has 0 aromatic carbocycles. The fourth-order valence-corrected chi connectivity index (χ4v) is 2.60. The third kappa shape index (κ3) is 3.37. The van der Waals surface area contributed by atoms with E-state index in [4.69, 9.17) is 0 Å². The molecule has 3 N–H and O–H groups in total. The van der Waals surface area contributed by atoms with Gasteiger partial charge in [-0.2, -0.15) is 0 Å². The SMILES string of the molecule is CC1CCC(NC(=O)NC2CCCC2)CN1. The number of urea groups is 1. The molecule has 0 spiro atoms. The van der Waals surface area contributed by atoms with Crippen molar-refractivity contribution in [2.24, 2.45) is 0 Å². The number of hydrogen-bond donors (Lipinski definition) is 3. The summed E-state index contributed by atoms with van der Waals surface area (Å²) < 4.78 is 0. The Morgan fingerprint density at radius 2 is 1.75 bits per heavy atom. The zero-order valence-corrected chi connectivity index (χ0v) is 10.1. The van der Waals surface area contributed by atoms with Crippen molar-refractivity contribution in [3.63, 3.8) is 0 Å². The van der Waals surface area contributed by atoms with Crippen molar-refractivity contribution in [3.05, 3.63) is 0 Å². The summed E-state index contributed by atoms with van der Waals surface area (Å²) in [5, 5.41) is 9.50. The zero-order valence-electron chi connectivity index (χ0n) is 10.1. The van der Waals surface area contributed by atoms with Crippen LogP contribution < -0.4 is 16.0 Å². The molecule has 4 nitrogen and oxygen atoms in total. The Kier molecular flexibility index (Phi) is 4.04. The Labute approximate surface area is 97.6 Å². The first kappa shape index (κ1) is 11.7. The minimum atomic E-state index is 0.0215. The largest absolute Gasteiger partial charge is 0.335 e. The molecule has 0 aromatic heterocycles. The van der Waals surface area contributed by atoms with Crippen LogP contribution in [-0.2, 0) is 0 Å². The van der Waals surface area contributed by atoms with Gasteiger partial charge >= 0.3 is 6.03 Å². The molecule has 1 aliphatic heterocycles. The highest BCUT2D eigenvalue weighted by molar-refractivity contribution is 5.74. The quantitative estimate of drug-likeness (QED) is 0.665. The molecule has 0 bridgehead atoms. The summed E-state index contributed by atoms with van der Waals surface area (Å²) in [6, 6.07) is 1.33. The molecule has 1 heterocycles. The molecule has 0 radical (unpaired) electrons. The molecule has 2 amide bonds. The van der Waals surface area contributed by atoms with Crippen LogP contribution in [0, 0.1) is 0 Å². The van der Waals surface area contributed by atoms with Crippen molar-refractivity contribution in [2.45, 2.75) is 63.6 Å². The van der Waals surface area contributed by atoms with E-state index in [2.05, 4.69) is 22.9 Å². The number of carbonyl (C=O) groups excluding carboxylic acids is 1. The van der Waals surface area contributed by atoms with Crippen molar-refractivity contribution in [3.8, 4) is 0 Å². The van der Waals surface area contributed by atoms with E-state index in [0.717, 1.165) is 32.2 Å². The molecule has 1 saturated heterocycles. The Balaban J connectivity index is 1.66. The van der Waals surface area contributed by atoms with E-state index in [9.17, 15) is 4.79 Å². The Morgan fingerprint density at radius 1 is 1.06 bits per heavy atom. The van der Waals surface area contributed by atoms with Gasteiger partial charge in [-0.15, -0.1) is 0 Å². The molecular weight excluding hydrogens is 202 g/mol. The second-order valence-electron chi connectivity index (χ2n) is 5.18. The molecule has 1 aliphatic carbocycles. The third-order valence-electron chi connectivity index (χ3n) is 3.69. The van der Waals surface area contributed by atoms with Gasteiger partial charge in [-0.05, 0) is 32.6 Å². The second-order valence-corrected chi connectivity index (χ2v) is 5.18. The van der Waals surface area contributed by atoms with Crippen LogP contribution in [0.4, 0.5) is 4.79 Å². The lowest BCUT2D eigenvalue weighted by molar-refractivity contribution is 0.228. The van der Waals surface area contributed by atoms with E-state index in [1.54, 1.807) is 0 Å². The van der Waals surface area contributed by atoms with Crippen molar-refractivity contribution in [1.82, 2.24) is 16.0 Å². The van der Waals surface area contributed by atoms with Crippen molar-refractivity contribution < 1.29 is 4.79 Å². The lowest BCUT2D eigenvalue weighted by Crippen LogP contribution is -2.52. The first-order valence-electron chi connectivity index (χ1n) is 6.54. The fraction of sp³-hybridized carbons (Fsp3) is 0.917. The van der Waals surface area contributed by atoms with Gasteiger partial charge in [0.2, 0.25) is 0 Å². The highest BCUT2D eigenvalue weighted by Gasteiger charge is 2.21. The fourth-order valence-electron chi connectivity index (χ4n) is 2.60. The van der Waals surface area contributed by atoms with E-state index >= 15 is 0 Å². The molecule has 2 atom stereocenters. The van der Waals surface area contributed by atoms with Crippen LogP contribution in [0.25, 0.3) is 0 Å². The normalized spacial score (nSPS) is 31.3. The van der Waals surface area contributed by atoms with Gasteiger partial charge < -0.3 is 16.0 Å². The van der Waals surface area contributed by atoms with Gasteiger partial charge in [-0.25, -0.2) is 4.79 Å². The first-order valence-corrected chi connectivity index (χ1v) is 6.54. The minimum absolute atomic E-state index is 0.0215. The van der Waals surface area contributed by atoms with Gasteiger partial charge in [-0.3, -0.25) is 0 Å². The average molecular weight is 225 g/mol. The van der Waals surface area contributed by atoms with E-state index in [1.807, 2.05) is 0 Å². The highest BCUT2D eigenvalue weighted by atomic mass is 16.2. The number of nitrogens with one attached hydrogen (secondary N) is 3. The van der Waals surface area contributed by atoms with Gasteiger partial charge in [0.05, 0.1) is 0 Å². The summed E-state index contributed by atoms with van der Waals surface area (Å²) in [4.78, 5) is 11.7. The van der Waals surface area contributed by atoms with E-state index in [-0.39, 0.29) is 6.03 Å². The molecule has 2 aliphatic rings. The number of rotatable bonds is 2. The van der Waals surface area contributed by atoms with Crippen molar-refractivity contribution in [2.75, 3.05) is 6.54 Å². The highest BCUT2D eigenvalue weighted by Crippen LogP contribution is 2.17. The Morgan fingerprint density at radius 3 is 2.38 bits per heavy atom. The van der Waals surface area contributed by atoms with Gasteiger partial charge in [-0.1, -0.05) is 12.8 Å². The standard InChI is InChI=1S/C12H23N3O/c1-9-6-7-11(8-13-9)15-12(16)14-10-4-2-3-5-10/h9-11,13H,2-8H2,1H3,(H2,14,15,16).